The molecule has 1 atom stereocenters. The molecule has 26 heavy (non-hydrogen) atoms. The van der Waals surface area contributed by atoms with E-state index < -0.39 is 6.04 Å². The van der Waals surface area contributed by atoms with Crippen molar-refractivity contribution in [3.05, 3.63) is 52.3 Å². The Hall–Kier alpha value is -2.69. The average molecular weight is 352 g/mol. The monoisotopic (exact) mass is 352 g/mol. The Morgan fingerprint density at radius 3 is 2.62 bits per heavy atom. The van der Waals surface area contributed by atoms with Crippen molar-refractivity contribution in [3.8, 4) is 6.07 Å². The number of nitriles is 1. The van der Waals surface area contributed by atoms with Crippen LogP contribution < -0.4 is 5.73 Å². The van der Waals surface area contributed by atoms with E-state index in [1.54, 1.807) is 0 Å². The third-order valence-corrected chi connectivity index (χ3v) is 4.98. The molecule has 1 aliphatic heterocycles. The summed E-state index contributed by atoms with van der Waals surface area (Å²) in [6.07, 6.45) is 0. The molecule has 0 spiro atoms. The Morgan fingerprint density at radius 1 is 1.31 bits per heavy atom. The first-order valence-corrected chi connectivity index (χ1v) is 8.77. The van der Waals surface area contributed by atoms with E-state index in [-0.39, 0.29) is 5.91 Å². The second-order valence-electron chi connectivity index (χ2n) is 6.70. The third-order valence-electron chi connectivity index (χ3n) is 4.98. The molecule has 1 aromatic carbocycles. The van der Waals surface area contributed by atoms with Crippen molar-refractivity contribution in [2.75, 3.05) is 26.2 Å². The molecule has 2 aromatic rings. The van der Waals surface area contributed by atoms with Gasteiger partial charge in [-0.25, -0.2) is 0 Å². The summed E-state index contributed by atoms with van der Waals surface area (Å²) in [6, 6.07) is 9.20. The minimum atomic E-state index is -0.681. The molecule has 1 fully saturated rings. The molecule has 3 rings (SSSR count). The molecule has 7 nitrogen and oxygen atoms in total. The number of benzene rings is 1. The number of carbonyl (C=O) groups is 1. The van der Waals surface area contributed by atoms with Crippen LogP contribution in [0.4, 0.5) is 0 Å². The smallest absolute Gasteiger partial charge is 0.244 e. The molecule has 1 aliphatic rings. The molecule has 0 saturated carbocycles. The highest BCUT2D eigenvalue weighted by Gasteiger charge is 2.29. The summed E-state index contributed by atoms with van der Waals surface area (Å²) in [4.78, 5) is 16.9. The Balaban J connectivity index is 1.60. The maximum Gasteiger partial charge on any atom is 0.244 e. The van der Waals surface area contributed by atoms with Gasteiger partial charge in [0.1, 0.15) is 6.04 Å². The first-order chi connectivity index (χ1) is 12.5. The molecule has 2 heterocycles. The molecule has 0 radical (unpaired) electrons. The van der Waals surface area contributed by atoms with Gasteiger partial charge in [0.05, 0.1) is 17.3 Å². The Morgan fingerprint density at radius 2 is 2.00 bits per heavy atom. The van der Waals surface area contributed by atoms with Gasteiger partial charge in [-0.1, -0.05) is 18.2 Å². The van der Waals surface area contributed by atoms with Gasteiger partial charge < -0.3 is 10.6 Å². The summed E-state index contributed by atoms with van der Waals surface area (Å²) in [5.74, 6) is -0.0605. The van der Waals surface area contributed by atoms with Gasteiger partial charge in [-0.2, -0.15) is 10.4 Å². The number of hydrogen-bond acceptors (Lipinski definition) is 5. The third kappa shape index (κ3) is 3.62. The highest BCUT2D eigenvalue weighted by Crippen LogP contribution is 2.21. The minimum absolute atomic E-state index is 0.0605. The summed E-state index contributed by atoms with van der Waals surface area (Å²) in [5.41, 5.74) is 10.4. The van der Waals surface area contributed by atoms with Crippen LogP contribution >= 0.6 is 0 Å². The molecule has 1 unspecified atom stereocenters. The molecule has 136 valence electrons. The molecule has 1 amide bonds. The van der Waals surface area contributed by atoms with Gasteiger partial charge >= 0.3 is 0 Å². The number of H-pyrrole nitrogens is 1. The van der Waals surface area contributed by atoms with Crippen LogP contribution in [0.25, 0.3) is 0 Å². The fourth-order valence-electron chi connectivity index (χ4n) is 3.47. The number of nitrogens with two attached hydrogens (primary N) is 1. The van der Waals surface area contributed by atoms with Crippen molar-refractivity contribution < 1.29 is 4.79 Å². The van der Waals surface area contributed by atoms with E-state index in [9.17, 15) is 10.1 Å². The average Bonchev–Trinajstić information content (AvgIpc) is 3.00. The summed E-state index contributed by atoms with van der Waals surface area (Å²) in [6.45, 7) is 7.26. The van der Waals surface area contributed by atoms with Gasteiger partial charge in [0, 0.05) is 44.0 Å². The van der Waals surface area contributed by atoms with Crippen molar-refractivity contribution >= 4 is 5.91 Å². The molecule has 7 heteroatoms. The Kier molecular flexibility index (Phi) is 5.35. The maximum atomic E-state index is 12.8. The lowest BCUT2D eigenvalue weighted by Crippen LogP contribution is -2.50. The topological polar surface area (TPSA) is 102 Å². The number of piperazine rings is 1. The highest BCUT2D eigenvalue weighted by atomic mass is 16.2. The van der Waals surface area contributed by atoms with Gasteiger partial charge in [0.2, 0.25) is 5.91 Å². The van der Waals surface area contributed by atoms with Gasteiger partial charge in [-0.05, 0) is 25.5 Å². The van der Waals surface area contributed by atoms with Gasteiger partial charge in [-0.15, -0.1) is 0 Å². The second-order valence-corrected chi connectivity index (χ2v) is 6.70. The van der Waals surface area contributed by atoms with Crippen molar-refractivity contribution in [3.63, 3.8) is 0 Å². The Bertz CT molecular complexity index is 809. The van der Waals surface area contributed by atoms with Gasteiger partial charge in [0.25, 0.3) is 0 Å². The number of aromatic nitrogens is 2. The number of amides is 1. The molecular formula is C19H24N6O. The molecule has 3 N–H and O–H groups in total. The lowest BCUT2D eigenvalue weighted by atomic mass is 10.0. The number of nitrogens with one attached hydrogen (secondary N) is 1. The van der Waals surface area contributed by atoms with E-state index in [1.807, 2.05) is 43.0 Å². The summed E-state index contributed by atoms with van der Waals surface area (Å²) in [5, 5.41) is 16.2. The highest BCUT2D eigenvalue weighted by molar-refractivity contribution is 5.83. The molecular weight excluding hydrogens is 328 g/mol. The van der Waals surface area contributed by atoms with Crippen LogP contribution in [0.5, 0.6) is 0 Å². The maximum absolute atomic E-state index is 12.8. The van der Waals surface area contributed by atoms with Crippen LogP contribution in [-0.4, -0.2) is 52.1 Å². The summed E-state index contributed by atoms with van der Waals surface area (Å²) >= 11 is 0. The van der Waals surface area contributed by atoms with Gasteiger partial charge in [0.15, 0.2) is 0 Å². The standard InChI is InChI=1S/C19H24N6O/c1-13-17(14(2)23-22-13)18(21)19(26)25-9-7-24(8-10-25)12-16-6-4-3-5-15(16)11-20/h3-6,18H,7-10,12,21H2,1-2H3,(H,22,23). The molecule has 1 saturated heterocycles. The van der Waals surface area contributed by atoms with E-state index >= 15 is 0 Å². The zero-order valence-corrected chi connectivity index (χ0v) is 15.2. The minimum Gasteiger partial charge on any atom is -0.338 e. The zero-order chi connectivity index (χ0) is 18.7. The van der Waals surface area contributed by atoms with Crippen molar-refractivity contribution in [1.29, 1.82) is 5.26 Å². The van der Waals surface area contributed by atoms with E-state index in [0.29, 0.717) is 18.7 Å². The first kappa shape index (κ1) is 18.1. The van der Waals surface area contributed by atoms with Crippen LogP contribution in [0.3, 0.4) is 0 Å². The fraction of sp³-hybridized carbons (Fsp3) is 0.421. The SMILES string of the molecule is Cc1n[nH]c(C)c1C(N)C(=O)N1CCN(Cc2ccccc2C#N)CC1. The van der Waals surface area contributed by atoms with Crippen LogP contribution in [0.15, 0.2) is 24.3 Å². The number of nitrogens with zero attached hydrogens (tertiary/aromatic N) is 4. The summed E-state index contributed by atoms with van der Waals surface area (Å²) < 4.78 is 0. The van der Waals surface area contributed by atoms with Gasteiger partial charge in [-0.3, -0.25) is 14.8 Å². The van der Waals surface area contributed by atoms with E-state index in [1.165, 1.54) is 0 Å². The lowest BCUT2D eigenvalue weighted by molar-refractivity contribution is -0.134. The predicted molar refractivity (Wildman–Crippen MR) is 98.0 cm³/mol. The molecule has 1 aromatic heterocycles. The first-order valence-electron chi connectivity index (χ1n) is 8.77. The summed E-state index contributed by atoms with van der Waals surface area (Å²) in [7, 11) is 0. The fourth-order valence-corrected chi connectivity index (χ4v) is 3.47. The van der Waals surface area contributed by atoms with Crippen LogP contribution in [-0.2, 0) is 11.3 Å². The van der Waals surface area contributed by atoms with Crippen molar-refractivity contribution in [1.82, 2.24) is 20.0 Å². The molecule has 0 bridgehead atoms. The van der Waals surface area contributed by atoms with E-state index in [0.717, 1.165) is 42.1 Å². The quantitative estimate of drug-likeness (QED) is 0.862. The van der Waals surface area contributed by atoms with E-state index in [4.69, 9.17) is 5.73 Å². The number of carbonyl (C=O) groups excluding carboxylic acids is 1. The van der Waals surface area contributed by atoms with Crippen molar-refractivity contribution in [2.24, 2.45) is 5.73 Å². The number of aromatic amines is 1. The molecule has 0 aliphatic carbocycles. The van der Waals surface area contributed by atoms with Crippen LogP contribution in [0.2, 0.25) is 0 Å². The predicted octanol–water partition coefficient (Wildman–Crippen LogP) is 1.24. The number of hydrogen-bond donors (Lipinski definition) is 2. The van der Waals surface area contributed by atoms with Crippen LogP contribution in [0.1, 0.15) is 34.1 Å². The lowest BCUT2D eigenvalue weighted by Gasteiger charge is -2.36. The number of rotatable bonds is 4. The normalized spacial score (nSPS) is 16.3. The van der Waals surface area contributed by atoms with E-state index in [2.05, 4.69) is 21.2 Å². The number of aryl methyl sites for hydroxylation is 2. The largest absolute Gasteiger partial charge is 0.338 e. The second kappa shape index (κ2) is 7.68. The van der Waals surface area contributed by atoms with Crippen molar-refractivity contribution in [2.45, 2.75) is 26.4 Å². The zero-order valence-electron chi connectivity index (χ0n) is 15.2. The Labute approximate surface area is 153 Å². The van der Waals surface area contributed by atoms with Crippen LogP contribution in [0, 0.1) is 25.2 Å².